The maximum Gasteiger partial charge on any atom is 0.129 e. The van der Waals surface area contributed by atoms with E-state index in [1.807, 2.05) is 0 Å². The number of anilines is 1. The van der Waals surface area contributed by atoms with E-state index in [0.29, 0.717) is 12.5 Å². The van der Waals surface area contributed by atoms with Crippen LogP contribution in [0.5, 0.6) is 0 Å². The van der Waals surface area contributed by atoms with E-state index in [-0.39, 0.29) is 5.41 Å². The minimum Gasteiger partial charge on any atom is -0.384 e. The first kappa shape index (κ1) is 15.3. The molecule has 2 heterocycles. The van der Waals surface area contributed by atoms with Gasteiger partial charge in [-0.15, -0.1) is 0 Å². The predicted molar refractivity (Wildman–Crippen MR) is 83.0 cm³/mol. The van der Waals surface area contributed by atoms with Crippen molar-refractivity contribution < 1.29 is 4.74 Å². The average Bonchev–Trinajstić information content (AvgIpc) is 2.86. The number of rotatable bonds is 4. The van der Waals surface area contributed by atoms with Crippen LogP contribution < -0.4 is 10.6 Å². The zero-order valence-corrected chi connectivity index (χ0v) is 13.1. The van der Waals surface area contributed by atoms with E-state index in [0.717, 1.165) is 36.8 Å². The zero-order valence-electron chi connectivity index (χ0n) is 13.1. The van der Waals surface area contributed by atoms with E-state index >= 15 is 0 Å². The van der Waals surface area contributed by atoms with Crippen LogP contribution in [-0.2, 0) is 16.7 Å². The molecule has 112 valence electrons. The van der Waals surface area contributed by atoms with E-state index in [2.05, 4.69) is 37.8 Å². The van der Waals surface area contributed by atoms with E-state index in [1.165, 1.54) is 6.42 Å². The SMILES string of the molecule is COCC1CCN(c2cc(CN)cc(C(C)(C)C)n2)C1. The van der Waals surface area contributed by atoms with E-state index in [4.69, 9.17) is 15.5 Å². The molecule has 20 heavy (non-hydrogen) atoms. The summed E-state index contributed by atoms with van der Waals surface area (Å²) in [6, 6.07) is 4.26. The third kappa shape index (κ3) is 3.49. The molecule has 1 saturated heterocycles. The topological polar surface area (TPSA) is 51.4 Å². The fourth-order valence-electron chi connectivity index (χ4n) is 2.65. The molecule has 0 amide bonds. The molecule has 1 aliphatic rings. The second kappa shape index (κ2) is 6.10. The molecule has 0 bridgehead atoms. The predicted octanol–water partition coefficient (Wildman–Crippen LogP) is 2.31. The van der Waals surface area contributed by atoms with Gasteiger partial charge in [0.25, 0.3) is 0 Å². The van der Waals surface area contributed by atoms with Gasteiger partial charge in [-0.05, 0) is 24.1 Å². The highest BCUT2D eigenvalue weighted by Crippen LogP contribution is 2.28. The summed E-state index contributed by atoms with van der Waals surface area (Å²) in [7, 11) is 1.77. The quantitative estimate of drug-likeness (QED) is 0.917. The van der Waals surface area contributed by atoms with Gasteiger partial charge in [0.2, 0.25) is 0 Å². The summed E-state index contributed by atoms with van der Waals surface area (Å²) in [4.78, 5) is 7.22. The molecule has 0 saturated carbocycles. The monoisotopic (exact) mass is 277 g/mol. The molecule has 2 N–H and O–H groups in total. The largest absolute Gasteiger partial charge is 0.384 e. The molecule has 2 rings (SSSR count). The molecule has 1 aromatic rings. The van der Waals surface area contributed by atoms with Crippen LogP contribution in [0.2, 0.25) is 0 Å². The summed E-state index contributed by atoms with van der Waals surface area (Å²) < 4.78 is 5.27. The molecule has 0 radical (unpaired) electrons. The van der Waals surface area contributed by atoms with Crippen molar-refractivity contribution in [1.29, 1.82) is 0 Å². The third-order valence-corrected chi connectivity index (χ3v) is 3.89. The van der Waals surface area contributed by atoms with Gasteiger partial charge in [-0.3, -0.25) is 0 Å². The summed E-state index contributed by atoms with van der Waals surface area (Å²) in [5, 5.41) is 0. The summed E-state index contributed by atoms with van der Waals surface area (Å²) in [6.07, 6.45) is 1.17. The molecule has 1 fully saturated rings. The Morgan fingerprint density at radius 1 is 1.40 bits per heavy atom. The Morgan fingerprint density at radius 3 is 2.75 bits per heavy atom. The lowest BCUT2D eigenvalue weighted by Gasteiger charge is -2.24. The fourth-order valence-corrected chi connectivity index (χ4v) is 2.65. The Bertz CT molecular complexity index is 454. The van der Waals surface area contributed by atoms with Crippen LogP contribution in [0.1, 0.15) is 38.4 Å². The van der Waals surface area contributed by atoms with Crippen molar-refractivity contribution in [3.8, 4) is 0 Å². The number of hydrogen-bond acceptors (Lipinski definition) is 4. The van der Waals surface area contributed by atoms with Crippen molar-refractivity contribution in [1.82, 2.24) is 4.98 Å². The number of hydrogen-bond donors (Lipinski definition) is 1. The van der Waals surface area contributed by atoms with Gasteiger partial charge in [0, 0.05) is 43.8 Å². The average molecular weight is 277 g/mol. The van der Waals surface area contributed by atoms with Crippen molar-refractivity contribution in [2.45, 2.75) is 39.2 Å². The summed E-state index contributed by atoms with van der Waals surface area (Å²) >= 11 is 0. The molecule has 1 aliphatic heterocycles. The number of nitrogens with zero attached hydrogens (tertiary/aromatic N) is 2. The lowest BCUT2D eigenvalue weighted by molar-refractivity contribution is 0.161. The molecule has 0 spiro atoms. The van der Waals surface area contributed by atoms with Crippen LogP contribution in [0.15, 0.2) is 12.1 Å². The van der Waals surface area contributed by atoms with Gasteiger partial charge in [-0.1, -0.05) is 20.8 Å². The molecule has 1 unspecified atom stereocenters. The standard InChI is InChI=1S/C16H27N3O/c1-16(2,3)14-7-13(9-17)8-15(18-14)19-6-5-12(10-19)11-20-4/h7-8,12H,5-6,9-11,17H2,1-4H3. The maximum atomic E-state index is 5.84. The minimum atomic E-state index is 0.0472. The van der Waals surface area contributed by atoms with Crippen molar-refractivity contribution in [2.24, 2.45) is 11.7 Å². The Balaban J connectivity index is 2.23. The van der Waals surface area contributed by atoms with Crippen molar-refractivity contribution in [2.75, 3.05) is 31.7 Å². The summed E-state index contributed by atoms with van der Waals surface area (Å²) in [5.74, 6) is 1.68. The Morgan fingerprint density at radius 2 is 2.15 bits per heavy atom. The van der Waals surface area contributed by atoms with Gasteiger partial charge in [-0.2, -0.15) is 0 Å². The number of aromatic nitrogens is 1. The number of pyridine rings is 1. The highest BCUT2D eigenvalue weighted by Gasteiger charge is 2.25. The van der Waals surface area contributed by atoms with Crippen LogP contribution in [0.3, 0.4) is 0 Å². The first-order valence-electron chi connectivity index (χ1n) is 7.39. The van der Waals surface area contributed by atoms with Crippen LogP contribution in [0.25, 0.3) is 0 Å². The van der Waals surface area contributed by atoms with Gasteiger partial charge in [0.15, 0.2) is 0 Å². The van der Waals surface area contributed by atoms with Crippen molar-refractivity contribution in [3.05, 3.63) is 23.4 Å². The van der Waals surface area contributed by atoms with Gasteiger partial charge in [0.1, 0.15) is 5.82 Å². The molecule has 4 heteroatoms. The van der Waals surface area contributed by atoms with Gasteiger partial charge in [-0.25, -0.2) is 4.98 Å². The Hall–Kier alpha value is -1.13. The van der Waals surface area contributed by atoms with E-state index < -0.39 is 0 Å². The molecule has 1 aromatic heterocycles. The molecular formula is C16H27N3O. The zero-order chi connectivity index (χ0) is 14.8. The number of methoxy groups -OCH3 is 1. The van der Waals surface area contributed by atoms with Crippen LogP contribution in [0, 0.1) is 5.92 Å². The smallest absolute Gasteiger partial charge is 0.129 e. The summed E-state index contributed by atoms with van der Waals surface area (Å²) in [5.41, 5.74) is 8.16. The number of nitrogens with two attached hydrogens (primary N) is 1. The van der Waals surface area contributed by atoms with E-state index in [1.54, 1.807) is 7.11 Å². The Kier molecular flexibility index (Phi) is 4.66. The van der Waals surface area contributed by atoms with Crippen LogP contribution in [-0.4, -0.2) is 31.8 Å². The second-order valence-corrected chi connectivity index (χ2v) is 6.73. The van der Waals surface area contributed by atoms with Gasteiger partial charge in [0.05, 0.1) is 6.61 Å². The fraction of sp³-hybridized carbons (Fsp3) is 0.688. The molecular weight excluding hydrogens is 250 g/mol. The lowest BCUT2D eigenvalue weighted by atomic mass is 9.90. The first-order chi connectivity index (χ1) is 9.44. The summed E-state index contributed by atoms with van der Waals surface area (Å²) in [6.45, 7) is 10.1. The highest BCUT2D eigenvalue weighted by molar-refractivity contribution is 5.45. The lowest BCUT2D eigenvalue weighted by Crippen LogP contribution is -2.24. The minimum absolute atomic E-state index is 0.0472. The van der Waals surface area contributed by atoms with E-state index in [9.17, 15) is 0 Å². The van der Waals surface area contributed by atoms with Gasteiger partial charge >= 0.3 is 0 Å². The van der Waals surface area contributed by atoms with Crippen molar-refractivity contribution in [3.63, 3.8) is 0 Å². The highest BCUT2D eigenvalue weighted by atomic mass is 16.5. The molecule has 0 aliphatic carbocycles. The first-order valence-corrected chi connectivity index (χ1v) is 7.39. The number of ether oxygens (including phenoxy) is 1. The molecule has 0 aromatic carbocycles. The van der Waals surface area contributed by atoms with Crippen LogP contribution >= 0.6 is 0 Å². The second-order valence-electron chi connectivity index (χ2n) is 6.73. The Labute approximate surface area is 122 Å². The normalized spacial score (nSPS) is 19.6. The maximum absolute atomic E-state index is 5.84. The van der Waals surface area contributed by atoms with Gasteiger partial charge < -0.3 is 15.4 Å². The van der Waals surface area contributed by atoms with Crippen molar-refractivity contribution >= 4 is 5.82 Å². The third-order valence-electron chi connectivity index (χ3n) is 3.89. The van der Waals surface area contributed by atoms with Crippen LogP contribution in [0.4, 0.5) is 5.82 Å². The molecule has 1 atom stereocenters. The molecule has 4 nitrogen and oxygen atoms in total.